The minimum atomic E-state index is -3.93. The summed E-state index contributed by atoms with van der Waals surface area (Å²) in [6.45, 7) is 9.04. The van der Waals surface area contributed by atoms with Crippen LogP contribution in [0, 0.1) is 5.92 Å². The van der Waals surface area contributed by atoms with Crippen LogP contribution in [0.4, 0.5) is 10.5 Å². The molecule has 0 radical (unpaired) electrons. The molecule has 2 fully saturated rings. The van der Waals surface area contributed by atoms with E-state index in [1.54, 1.807) is 45.2 Å². The van der Waals surface area contributed by atoms with Gasteiger partial charge in [-0.3, -0.25) is 4.79 Å². The standard InChI is InChI=1S/C33H42N4O5S2/c1-20(2)42-32(39)36-23-13-11-22(12-14-23)31-34-19-28(43-31)25-16-15-24(17-29(25)44(40,41)37-33(3,4)5)35-30(38)27-18-26(27)21-9-7-6-8-10-21/h6-10,15-17,19-20,22-23,26-27,37H,11-14,18H2,1-5H3,(H,35,38)(H,36,39)/t22?,23?,26-,27?/m0/s1. The van der Waals surface area contributed by atoms with Crippen molar-refractivity contribution >= 4 is 39.0 Å². The van der Waals surface area contributed by atoms with E-state index < -0.39 is 15.6 Å². The van der Waals surface area contributed by atoms with Gasteiger partial charge in [0.05, 0.1) is 20.9 Å². The maximum Gasteiger partial charge on any atom is 0.407 e. The molecule has 2 aliphatic carbocycles. The van der Waals surface area contributed by atoms with Gasteiger partial charge in [-0.25, -0.2) is 22.9 Å². The molecule has 236 valence electrons. The zero-order valence-electron chi connectivity index (χ0n) is 25.9. The van der Waals surface area contributed by atoms with E-state index in [1.807, 2.05) is 44.2 Å². The molecule has 2 aromatic carbocycles. The lowest BCUT2D eigenvalue weighted by molar-refractivity contribution is -0.117. The molecule has 2 saturated carbocycles. The Bertz CT molecular complexity index is 1590. The Hall–Kier alpha value is -3.28. The summed E-state index contributed by atoms with van der Waals surface area (Å²) in [6.07, 6.45) is 5.34. The van der Waals surface area contributed by atoms with Gasteiger partial charge in [0, 0.05) is 40.9 Å². The number of amides is 2. The zero-order valence-corrected chi connectivity index (χ0v) is 27.6. The summed E-state index contributed by atoms with van der Waals surface area (Å²) in [6, 6.07) is 15.1. The molecule has 0 spiro atoms. The van der Waals surface area contributed by atoms with Crippen molar-refractivity contribution in [3.63, 3.8) is 0 Å². The number of carbonyl (C=O) groups is 2. The predicted octanol–water partition coefficient (Wildman–Crippen LogP) is 6.79. The number of carbonyl (C=O) groups excluding carboxylic acids is 2. The number of thiazole rings is 1. The number of ether oxygens (including phenoxy) is 1. The molecule has 2 atom stereocenters. The van der Waals surface area contributed by atoms with E-state index in [1.165, 1.54) is 11.3 Å². The molecule has 5 rings (SSSR count). The van der Waals surface area contributed by atoms with Gasteiger partial charge >= 0.3 is 6.09 Å². The van der Waals surface area contributed by atoms with Gasteiger partial charge in [-0.05, 0) is 90.3 Å². The van der Waals surface area contributed by atoms with Crippen LogP contribution < -0.4 is 15.4 Å². The van der Waals surface area contributed by atoms with Crippen LogP contribution in [0.2, 0.25) is 0 Å². The third-order valence-electron chi connectivity index (χ3n) is 7.86. The fourth-order valence-electron chi connectivity index (χ4n) is 5.77. The second kappa shape index (κ2) is 13.0. The average Bonchev–Trinajstić information content (AvgIpc) is 3.61. The van der Waals surface area contributed by atoms with Gasteiger partial charge in [-0.15, -0.1) is 11.3 Å². The first-order valence-corrected chi connectivity index (χ1v) is 17.6. The van der Waals surface area contributed by atoms with Crippen molar-refractivity contribution in [2.75, 3.05) is 5.32 Å². The summed E-state index contributed by atoms with van der Waals surface area (Å²) < 4.78 is 35.3. The number of anilines is 1. The van der Waals surface area contributed by atoms with E-state index in [-0.39, 0.29) is 46.8 Å². The number of nitrogens with zero attached hydrogens (tertiary/aromatic N) is 1. The van der Waals surface area contributed by atoms with Crippen LogP contribution in [-0.4, -0.2) is 43.1 Å². The molecule has 0 bridgehead atoms. The van der Waals surface area contributed by atoms with Gasteiger partial charge < -0.3 is 15.4 Å². The molecule has 1 heterocycles. The van der Waals surface area contributed by atoms with Crippen LogP contribution in [-0.2, 0) is 19.6 Å². The van der Waals surface area contributed by atoms with Crippen molar-refractivity contribution in [2.24, 2.45) is 5.92 Å². The van der Waals surface area contributed by atoms with E-state index in [2.05, 4.69) is 15.4 Å². The van der Waals surface area contributed by atoms with Crippen molar-refractivity contribution in [3.8, 4) is 10.4 Å². The lowest BCUT2D eigenvalue weighted by Gasteiger charge is -2.28. The topological polar surface area (TPSA) is 126 Å². The molecule has 3 N–H and O–H groups in total. The molecule has 11 heteroatoms. The van der Waals surface area contributed by atoms with Gasteiger partial charge in [0.25, 0.3) is 0 Å². The van der Waals surface area contributed by atoms with Crippen LogP contribution in [0.25, 0.3) is 10.4 Å². The number of rotatable bonds is 9. The lowest BCUT2D eigenvalue weighted by atomic mass is 9.86. The molecular weight excluding hydrogens is 597 g/mol. The SMILES string of the molecule is CC(C)OC(=O)NC1CCC(c2ncc(-c3ccc(NC(=O)C4C[C@H]4c4ccccc4)cc3S(=O)(=O)NC(C)(C)C)s2)CC1. The molecule has 2 amide bonds. The van der Waals surface area contributed by atoms with E-state index in [0.717, 1.165) is 47.6 Å². The molecule has 9 nitrogen and oxygen atoms in total. The second-order valence-corrected chi connectivity index (χ2v) is 15.8. The van der Waals surface area contributed by atoms with E-state index in [9.17, 15) is 18.0 Å². The average molecular weight is 639 g/mol. The Morgan fingerprint density at radius 3 is 2.39 bits per heavy atom. The second-order valence-electron chi connectivity index (χ2n) is 13.1. The number of hydrogen-bond acceptors (Lipinski definition) is 7. The highest BCUT2D eigenvalue weighted by Gasteiger charge is 2.44. The summed E-state index contributed by atoms with van der Waals surface area (Å²) in [4.78, 5) is 30.7. The number of hydrogen-bond donors (Lipinski definition) is 3. The first-order chi connectivity index (χ1) is 20.8. The van der Waals surface area contributed by atoms with Crippen molar-refractivity contribution in [2.45, 2.75) is 101 Å². The predicted molar refractivity (Wildman–Crippen MR) is 173 cm³/mol. The smallest absolute Gasteiger partial charge is 0.407 e. The van der Waals surface area contributed by atoms with Gasteiger partial charge in [-0.2, -0.15) is 0 Å². The van der Waals surface area contributed by atoms with Crippen LogP contribution in [0.5, 0.6) is 0 Å². The molecule has 44 heavy (non-hydrogen) atoms. The third kappa shape index (κ3) is 8.05. The van der Waals surface area contributed by atoms with Gasteiger partial charge in [-0.1, -0.05) is 36.4 Å². The van der Waals surface area contributed by atoms with Crippen molar-refractivity contribution in [3.05, 3.63) is 65.3 Å². The van der Waals surface area contributed by atoms with Crippen molar-refractivity contribution < 1.29 is 22.7 Å². The fraction of sp³-hybridized carbons (Fsp3) is 0.485. The quantitative estimate of drug-likeness (QED) is 0.237. The lowest BCUT2D eigenvalue weighted by Crippen LogP contribution is -2.40. The Morgan fingerprint density at radius 2 is 1.73 bits per heavy atom. The van der Waals surface area contributed by atoms with Crippen LogP contribution in [0.15, 0.2) is 59.6 Å². The molecule has 0 aliphatic heterocycles. The maximum atomic E-state index is 13.7. The molecule has 0 saturated heterocycles. The Balaban J connectivity index is 1.32. The number of benzene rings is 2. The van der Waals surface area contributed by atoms with Gasteiger partial charge in [0.1, 0.15) is 0 Å². The molecule has 2 aliphatic rings. The van der Waals surface area contributed by atoms with Crippen LogP contribution in [0.1, 0.15) is 89.1 Å². The van der Waals surface area contributed by atoms with E-state index >= 15 is 0 Å². The minimum Gasteiger partial charge on any atom is -0.447 e. The van der Waals surface area contributed by atoms with Gasteiger partial charge in [0.15, 0.2) is 0 Å². The van der Waals surface area contributed by atoms with E-state index in [0.29, 0.717) is 11.3 Å². The Morgan fingerprint density at radius 1 is 1.02 bits per heavy atom. The molecular formula is C33H42N4O5S2. The molecule has 1 aromatic heterocycles. The highest BCUT2D eigenvalue weighted by molar-refractivity contribution is 7.89. The number of aromatic nitrogens is 1. The number of alkyl carbamates (subject to hydrolysis) is 1. The molecule has 3 aromatic rings. The number of nitrogens with one attached hydrogen (secondary N) is 3. The van der Waals surface area contributed by atoms with E-state index in [4.69, 9.17) is 9.72 Å². The monoisotopic (exact) mass is 638 g/mol. The van der Waals surface area contributed by atoms with Crippen molar-refractivity contribution in [1.29, 1.82) is 0 Å². The highest BCUT2D eigenvalue weighted by Crippen LogP contribution is 2.48. The zero-order chi connectivity index (χ0) is 31.6. The third-order valence-corrected chi connectivity index (χ3v) is 10.9. The van der Waals surface area contributed by atoms with Crippen LogP contribution >= 0.6 is 11.3 Å². The normalized spacial score (nSPS) is 22.0. The highest BCUT2D eigenvalue weighted by atomic mass is 32.2. The Labute approximate surface area is 264 Å². The first-order valence-electron chi connectivity index (χ1n) is 15.3. The maximum absolute atomic E-state index is 13.7. The largest absolute Gasteiger partial charge is 0.447 e. The molecule has 1 unspecified atom stereocenters. The van der Waals surface area contributed by atoms with Gasteiger partial charge in [0.2, 0.25) is 15.9 Å². The summed E-state index contributed by atoms with van der Waals surface area (Å²) in [5.41, 5.74) is 1.43. The van der Waals surface area contributed by atoms with Crippen molar-refractivity contribution in [1.82, 2.24) is 15.0 Å². The first kappa shape index (κ1) is 32.1. The number of sulfonamides is 1. The minimum absolute atomic E-state index is 0.0681. The van der Waals surface area contributed by atoms with Crippen LogP contribution in [0.3, 0.4) is 0 Å². The Kier molecular flexibility index (Phi) is 9.48. The summed E-state index contributed by atoms with van der Waals surface area (Å²) in [7, 11) is -3.93. The summed E-state index contributed by atoms with van der Waals surface area (Å²) in [5.74, 6) is 0.160. The summed E-state index contributed by atoms with van der Waals surface area (Å²) >= 11 is 1.49. The summed E-state index contributed by atoms with van der Waals surface area (Å²) in [5, 5.41) is 6.87. The fourth-order valence-corrected chi connectivity index (χ4v) is 8.63.